The summed E-state index contributed by atoms with van der Waals surface area (Å²) in [5.74, 6) is -1.83. The fraction of sp³-hybridized carbons (Fsp3) is 0.192. The molecular formula is C26H23FN6O2. The lowest BCUT2D eigenvalue weighted by atomic mass is 10.1. The molecule has 2 heterocycles. The zero-order valence-electron chi connectivity index (χ0n) is 19.3. The van der Waals surface area contributed by atoms with Gasteiger partial charge in [-0.15, -0.1) is 0 Å². The van der Waals surface area contributed by atoms with Gasteiger partial charge >= 0.3 is 0 Å². The number of nitrogens with two attached hydrogens (primary N) is 1. The van der Waals surface area contributed by atoms with Crippen molar-refractivity contribution in [3.05, 3.63) is 88.1 Å². The van der Waals surface area contributed by atoms with E-state index in [1.807, 2.05) is 30.7 Å². The van der Waals surface area contributed by atoms with Crippen LogP contribution in [0.5, 0.6) is 0 Å². The quantitative estimate of drug-likeness (QED) is 0.423. The summed E-state index contributed by atoms with van der Waals surface area (Å²) in [6, 6.07) is 14.4. The molecule has 0 bridgehead atoms. The van der Waals surface area contributed by atoms with Crippen LogP contribution in [-0.2, 0) is 19.4 Å². The lowest BCUT2D eigenvalue weighted by molar-refractivity contribution is 0.100. The molecule has 0 aliphatic rings. The van der Waals surface area contributed by atoms with Gasteiger partial charge in [-0.05, 0) is 48.7 Å². The van der Waals surface area contributed by atoms with Crippen LogP contribution in [0.4, 0.5) is 10.1 Å². The summed E-state index contributed by atoms with van der Waals surface area (Å²) >= 11 is 0. The Morgan fingerprint density at radius 3 is 2.49 bits per heavy atom. The third-order valence-electron chi connectivity index (χ3n) is 5.72. The van der Waals surface area contributed by atoms with Gasteiger partial charge in [0.25, 0.3) is 5.91 Å². The van der Waals surface area contributed by atoms with Gasteiger partial charge in [-0.2, -0.15) is 10.4 Å². The summed E-state index contributed by atoms with van der Waals surface area (Å²) < 4.78 is 15.6. The maximum atomic E-state index is 13.8. The summed E-state index contributed by atoms with van der Waals surface area (Å²) in [4.78, 5) is 29.5. The Bertz CT molecular complexity index is 1480. The third-order valence-corrected chi connectivity index (χ3v) is 5.72. The molecule has 0 aliphatic heterocycles. The van der Waals surface area contributed by atoms with E-state index in [0.717, 1.165) is 17.3 Å². The number of hydrogen-bond donors (Lipinski definition) is 2. The molecule has 8 nitrogen and oxygen atoms in total. The van der Waals surface area contributed by atoms with Gasteiger partial charge in [-0.25, -0.2) is 9.37 Å². The molecule has 3 N–H and O–H groups in total. The molecule has 0 fully saturated rings. The molecule has 0 unspecified atom stereocenters. The van der Waals surface area contributed by atoms with E-state index in [2.05, 4.69) is 21.5 Å². The lowest BCUT2D eigenvalue weighted by Crippen LogP contribution is -2.19. The Kier molecular flexibility index (Phi) is 6.55. The van der Waals surface area contributed by atoms with Crippen molar-refractivity contribution in [3.63, 3.8) is 0 Å². The molecule has 2 aromatic heterocycles. The number of fused-ring (bicyclic) bond motifs is 1. The topological polar surface area (TPSA) is 127 Å². The van der Waals surface area contributed by atoms with Gasteiger partial charge < -0.3 is 11.1 Å². The van der Waals surface area contributed by atoms with Crippen LogP contribution in [0, 0.1) is 17.1 Å². The number of carbonyl (C=O) groups excluding carboxylic acids is 2. The highest BCUT2D eigenvalue weighted by Crippen LogP contribution is 2.25. The van der Waals surface area contributed by atoms with E-state index in [0.29, 0.717) is 41.7 Å². The minimum absolute atomic E-state index is 0.0548. The van der Waals surface area contributed by atoms with Crippen LogP contribution in [-0.4, -0.2) is 26.6 Å². The first-order valence-electron chi connectivity index (χ1n) is 11.1. The van der Waals surface area contributed by atoms with Crippen LogP contribution in [0.25, 0.3) is 10.9 Å². The van der Waals surface area contributed by atoms with E-state index in [4.69, 9.17) is 11.0 Å². The van der Waals surface area contributed by atoms with Crippen molar-refractivity contribution >= 4 is 28.4 Å². The molecule has 0 saturated carbocycles. The maximum Gasteiger partial charge on any atom is 0.274 e. The first-order valence-corrected chi connectivity index (χ1v) is 11.1. The van der Waals surface area contributed by atoms with Crippen LogP contribution in [0.2, 0.25) is 0 Å². The van der Waals surface area contributed by atoms with E-state index in [9.17, 15) is 14.0 Å². The average Bonchev–Trinajstić information content (AvgIpc) is 3.18. The third kappa shape index (κ3) is 4.73. The number of nitriles is 1. The predicted octanol–water partition coefficient (Wildman–Crippen LogP) is 3.97. The maximum absolute atomic E-state index is 13.8. The number of benzene rings is 2. The molecular weight excluding hydrogens is 447 g/mol. The number of hydrogen-bond acceptors (Lipinski definition) is 5. The summed E-state index contributed by atoms with van der Waals surface area (Å²) in [7, 11) is 0. The SMILES string of the molecule is CCc1nn(Cc2ccc(C#N)cc2)c(CC)c1NC(=O)c1cc(C(N)=O)c2ccc(F)cc2n1. The molecule has 0 saturated heterocycles. The van der Waals surface area contributed by atoms with Crippen LogP contribution in [0.3, 0.4) is 0 Å². The second-order valence-corrected chi connectivity index (χ2v) is 7.98. The lowest BCUT2D eigenvalue weighted by Gasteiger charge is -2.11. The number of nitrogens with zero attached hydrogens (tertiary/aromatic N) is 4. The Hall–Kier alpha value is -4.58. The summed E-state index contributed by atoms with van der Waals surface area (Å²) in [6.07, 6.45) is 1.17. The minimum atomic E-state index is -0.739. The number of aromatic nitrogens is 3. The fourth-order valence-corrected chi connectivity index (χ4v) is 3.99. The summed E-state index contributed by atoms with van der Waals surface area (Å²) in [5, 5.41) is 17.0. The number of nitrogens with one attached hydrogen (secondary N) is 1. The molecule has 0 atom stereocenters. The predicted molar refractivity (Wildman–Crippen MR) is 129 cm³/mol. The molecule has 9 heteroatoms. The Labute approximate surface area is 201 Å². The molecule has 176 valence electrons. The van der Waals surface area contributed by atoms with Crippen molar-refractivity contribution in [3.8, 4) is 6.07 Å². The van der Waals surface area contributed by atoms with Crippen molar-refractivity contribution in [2.45, 2.75) is 33.2 Å². The monoisotopic (exact) mass is 470 g/mol. The highest BCUT2D eigenvalue weighted by Gasteiger charge is 2.21. The highest BCUT2D eigenvalue weighted by atomic mass is 19.1. The van der Waals surface area contributed by atoms with E-state index < -0.39 is 17.6 Å². The largest absolute Gasteiger partial charge is 0.366 e. The minimum Gasteiger partial charge on any atom is -0.366 e. The second-order valence-electron chi connectivity index (χ2n) is 7.98. The van der Waals surface area contributed by atoms with Gasteiger partial charge in [0, 0.05) is 11.5 Å². The van der Waals surface area contributed by atoms with Crippen molar-refractivity contribution in [2.24, 2.45) is 5.73 Å². The number of carbonyl (C=O) groups is 2. The van der Waals surface area contributed by atoms with Crippen LogP contribution >= 0.6 is 0 Å². The molecule has 4 aromatic rings. The number of amides is 2. The number of pyridine rings is 1. The second kappa shape index (κ2) is 9.73. The fourth-order valence-electron chi connectivity index (χ4n) is 3.99. The van der Waals surface area contributed by atoms with Gasteiger partial charge in [0.05, 0.1) is 46.3 Å². The van der Waals surface area contributed by atoms with Gasteiger partial charge in [0.15, 0.2) is 0 Å². The van der Waals surface area contributed by atoms with E-state index >= 15 is 0 Å². The number of primary amides is 1. The molecule has 2 aromatic carbocycles. The van der Waals surface area contributed by atoms with Gasteiger partial charge in [0.2, 0.25) is 5.91 Å². The highest BCUT2D eigenvalue weighted by molar-refractivity contribution is 6.10. The smallest absolute Gasteiger partial charge is 0.274 e. The average molecular weight is 471 g/mol. The zero-order valence-corrected chi connectivity index (χ0v) is 19.3. The van der Waals surface area contributed by atoms with Gasteiger partial charge in [-0.1, -0.05) is 26.0 Å². The van der Waals surface area contributed by atoms with Crippen molar-refractivity contribution in [1.29, 1.82) is 5.26 Å². The molecule has 35 heavy (non-hydrogen) atoms. The molecule has 0 radical (unpaired) electrons. The van der Waals surface area contributed by atoms with Crippen LogP contribution < -0.4 is 11.1 Å². The first-order chi connectivity index (χ1) is 16.8. The van der Waals surface area contributed by atoms with Crippen molar-refractivity contribution in [2.75, 3.05) is 5.32 Å². The van der Waals surface area contributed by atoms with Crippen molar-refractivity contribution in [1.82, 2.24) is 14.8 Å². The van der Waals surface area contributed by atoms with Crippen LogP contribution in [0.15, 0.2) is 48.5 Å². The van der Waals surface area contributed by atoms with E-state index in [1.54, 1.807) is 12.1 Å². The van der Waals surface area contributed by atoms with E-state index in [1.165, 1.54) is 18.2 Å². The Morgan fingerprint density at radius 1 is 1.11 bits per heavy atom. The molecule has 0 spiro atoms. The number of anilines is 1. The Balaban J connectivity index is 1.70. The van der Waals surface area contributed by atoms with Crippen molar-refractivity contribution < 1.29 is 14.0 Å². The van der Waals surface area contributed by atoms with E-state index in [-0.39, 0.29) is 16.8 Å². The molecule has 2 amide bonds. The van der Waals surface area contributed by atoms with Crippen LogP contribution in [0.1, 0.15) is 57.2 Å². The zero-order chi connectivity index (χ0) is 25.1. The first kappa shape index (κ1) is 23.6. The normalized spacial score (nSPS) is 10.8. The molecule has 4 rings (SSSR count). The summed E-state index contributed by atoms with van der Waals surface area (Å²) in [6.45, 7) is 4.37. The molecule has 0 aliphatic carbocycles. The Morgan fingerprint density at radius 2 is 1.86 bits per heavy atom. The number of halogens is 1. The number of aryl methyl sites for hydroxylation is 1. The number of rotatable bonds is 7. The summed E-state index contributed by atoms with van der Waals surface area (Å²) in [5.41, 5.74) is 9.33. The van der Waals surface area contributed by atoms with Gasteiger partial charge in [0.1, 0.15) is 11.5 Å². The standard InChI is InChI=1S/C26H23FN6O2/c1-3-20-24(23(4-2)33(32-20)14-16-7-5-15(13-28)6-8-16)31-26(35)22-12-19(25(29)34)18-10-9-17(27)11-21(18)30-22/h5-12H,3-4,14H2,1-2H3,(H2,29,34)(H,31,35). The van der Waals surface area contributed by atoms with Gasteiger partial charge in [-0.3, -0.25) is 14.3 Å².